The predicted molar refractivity (Wildman–Crippen MR) is 83.2 cm³/mol. The number of halogens is 2. The van der Waals surface area contributed by atoms with E-state index in [-0.39, 0.29) is 11.7 Å². The van der Waals surface area contributed by atoms with E-state index in [1.54, 1.807) is 24.3 Å². The van der Waals surface area contributed by atoms with Crippen molar-refractivity contribution in [1.29, 1.82) is 0 Å². The lowest BCUT2D eigenvalue weighted by Crippen LogP contribution is -2.42. The quantitative estimate of drug-likeness (QED) is 0.828. The molecule has 3 rings (SSSR count). The van der Waals surface area contributed by atoms with Crippen LogP contribution in [0.2, 0.25) is 5.02 Å². The van der Waals surface area contributed by atoms with Gasteiger partial charge < -0.3 is 10.4 Å². The van der Waals surface area contributed by atoms with Gasteiger partial charge in [0.2, 0.25) is 5.82 Å². The molecule has 0 radical (unpaired) electrons. The van der Waals surface area contributed by atoms with Gasteiger partial charge in [0.05, 0.1) is 10.7 Å². The van der Waals surface area contributed by atoms with E-state index in [0.29, 0.717) is 16.5 Å². The second kappa shape index (κ2) is 6.56. The van der Waals surface area contributed by atoms with Crippen molar-refractivity contribution in [2.45, 2.75) is 24.8 Å². The van der Waals surface area contributed by atoms with Crippen LogP contribution in [0.5, 0.6) is 0 Å². The molecule has 1 aliphatic rings. The van der Waals surface area contributed by atoms with Gasteiger partial charge in [0, 0.05) is 5.92 Å². The summed E-state index contributed by atoms with van der Waals surface area (Å²) in [5.74, 6) is -1.75. The van der Waals surface area contributed by atoms with E-state index in [4.69, 9.17) is 16.7 Å². The maximum atomic E-state index is 12.7. The third-order valence-electron chi connectivity index (χ3n) is 3.62. The summed E-state index contributed by atoms with van der Waals surface area (Å²) in [6, 6.07) is 5.36. The third kappa shape index (κ3) is 3.23. The van der Waals surface area contributed by atoms with Crippen LogP contribution in [0.15, 0.2) is 24.3 Å². The molecule has 2 N–H and O–H groups in total. The zero-order valence-electron chi connectivity index (χ0n) is 12.4. The summed E-state index contributed by atoms with van der Waals surface area (Å²) in [7, 11) is 0. The van der Waals surface area contributed by atoms with Crippen molar-refractivity contribution in [3.63, 3.8) is 0 Å². The van der Waals surface area contributed by atoms with Gasteiger partial charge in [-0.25, -0.2) is 18.9 Å². The number of rotatable bonds is 6. The lowest BCUT2D eigenvalue weighted by molar-refractivity contribution is -0.139. The van der Waals surface area contributed by atoms with Gasteiger partial charge in [0.15, 0.2) is 6.04 Å². The molecule has 1 aromatic carbocycles. The first-order chi connectivity index (χ1) is 11.5. The smallest absolute Gasteiger partial charge is 0.328 e. The summed E-state index contributed by atoms with van der Waals surface area (Å²) in [5, 5.41) is 15.5. The highest BCUT2D eigenvalue weighted by atomic mass is 35.5. The lowest BCUT2D eigenvalue weighted by atomic mass is 10.3. The van der Waals surface area contributed by atoms with Crippen molar-refractivity contribution in [3.8, 4) is 5.69 Å². The minimum atomic E-state index is -1.63. The maximum Gasteiger partial charge on any atom is 0.328 e. The number of hydrogen-bond donors (Lipinski definition) is 2. The monoisotopic (exact) mass is 352 g/mol. The van der Waals surface area contributed by atoms with Crippen molar-refractivity contribution in [2.75, 3.05) is 6.67 Å². The van der Waals surface area contributed by atoms with E-state index < -0.39 is 24.6 Å². The third-order valence-corrected chi connectivity index (χ3v) is 3.94. The van der Waals surface area contributed by atoms with Crippen LogP contribution < -0.4 is 5.32 Å². The van der Waals surface area contributed by atoms with E-state index >= 15 is 0 Å². The Hall–Kier alpha value is -2.48. The molecule has 1 fully saturated rings. The number of para-hydroxylation sites is 1. The summed E-state index contributed by atoms with van der Waals surface area (Å²) < 4.78 is 14.2. The highest BCUT2D eigenvalue weighted by Gasteiger charge is 2.32. The molecule has 1 atom stereocenters. The highest BCUT2D eigenvalue weighted by molar-refractivity contribution is 6.32. The van der Waals surface area contributed by atoms with Crippen molar-refractivity contribution >= 4 is 23.5 Å². The lowest BCUT2D eigenvalue weighted by Gasteiger charge is -2.08. The molecule has 1 saturated carbocycles. The number of hydrogen-bond acceptors (Lipinski definition) is 4. The Labute approximate surface area is 141 Å². The van der Waals surface area contributed by atoms with Gasteiger partial charge in [0.1, 0.15) is 12.5 Å². The Kier molecular flexibility index (Phi) is 4.48. The molecule has 126 valence electrons. The van der Waals surface area contributed by atoms with Crippen LogP contribution in [-0.4, -0.2) is 44.5 Å². The molecular formula is C15H14ClFN4O3. The largest absolute Gasteiger partial charge is 0.480 e. The van der Waals surface area contributed by atoms with E-state index in [0.717, 1.165) is 12.8 Å². The molecule has 0 saturated heterocycles. The maximum absolute atomic E-state index is 12.7. The molecular weight excluding hydrogens is 339 g/mol. The first-order valence-electron chi connectivity index (χ1n) is 7.32. The number of benzene rings is 1. The molecule has 0 bridgehead atoms. The molecule has 0 aliphatic heterocycles. The van der Waals surface area contributed by atoms with Crippen LogP contribution in [0.3, 0.4) is 0 Å². The standard InChI is InChI=1S/C15H14ClFN4O3/c16-9-3-1-2-4-11(9)21-13(8-5-6-8)19-12(20-21)14(22)18-10(7-17)15(23)24/h1-4,8,10H,5-7H2,(H,18,22)(H,23,24). The van der Waals surface area contributed by atoms with Crippen molar-refractivity contribution in [3.05, 3.63) is 40.9 Å². The molecule has 1 amide bonds. The van der Waals surface area contributed by atoms with Crippen LogP contribution in [0.4, 0.5) is 4.39 Å². The van der Waals surface area contributed by atoms with Gasteiger partial charge in [0.25, 0.3) is 5.91 Å². The normalized spacial score (nSPS) is 15.1. The Morgan fingerprint density at radius 2 is 2.12 bits per heavy atom. The molecule has 24 heavy (non-hydrogen) atoms. The Morgan fingerprint density at radius 1 is 1.42 bits per heavy atom. The average Bonchev–Trinajstić information content (AvgIpc) is 3.31. The molecule has 1 aliphatic carbocycles. The van der Waals surface area contributed by atoms with Gasteiger partial charge in [-0.3, -0.25) is 4.79 Å². The van der Waals surface area contributed by atoms with Crippen molar-refractivity contribution < 1.29 is 19.1 Å². The second-order valence-electron chi connectivity index (χ2n) is 5.45. The van der Waals surface area contributed by atoms with E-state index in [2.05, 4.69) is 15.4 Å². The van der Waals surface area contributed by atoms with Gasteiger partial charge in [-0.1, -0.05) is 23.7 Å². The zero-order chi connectivity index (χ0) is 17.3. The van der Waals surface area contributed by atoms with E-state index in [1.807, 2.05) is 0 Å². The topological polar surface area (TPSA) is 97.1 Å². The van der Waals surface area contributed by atoms with Gasteiger partial charge in [-0.2, -0.15) is 0 Å². The Bertz CT molecular complexity index is 791. The van der Waals surface area contributed by atoms with Crippen LogP contribution in [-0.2, 0) is 4.79 Å². The average molecular weight is 353 g/mol. The SMILES string of the molecule is O=C(NC(CF)C(=O)O)c1nc(C2CC2)n(-c2ccccc2Cl)n1. The number of carboxylic acids is 1. The number of nitrogens with zero attached hydrogens (tertiary/aromatic N) is 3. The van der Waals surface area contributed by atoms with Crippen molar-refractivity contribution in [2.24, 2.45) is 0 Å². The zero-order valence-corrected chi connectivity index (χ0v) is 13.2. The number of carbonyl (C=O) groups is 2. The van der Waals surface area contributed by atoms with Crippen LogP contribution >= 0.6 is 11.6 Å². The Balaban J connectivity index is 1.93. The minimum absolute atomic E-state index is 0.173. The number of carboxylic acid groups (broad SMARTS) is 1. The molecule has 9 heteroatoms. The fourth-order valence-electron chi connectivity index (χ4n) is 2.22. The minimum Gasteiger partial charge on any atom is -0.480 e. The number of aliphatic carboxylic acids is 1. The number of alkyl halides is 1. The van der Waals surface area contributed by atoms with Crippen molar-refractivity contribution in [1.82, 2.24) is 20.1 Å². The van der Waals surface area contributed by atoms with E-state index in [9.17, 15) is 14.0 Å². The summed E-state index contributed by atoms with van der Waals surface area (Å²) in [6.45, 7) is -1.22. The molecule has 2 aromatic rings. The summed E-state index contributed by atoms with van der Waals surface area (Å²) in [5.41, 5.74) is 0.577. The van der Waals surface area contributed by atoms with Crippen LogP contribution in [0.25, 0.3) is 5.69 Å². The molecule has 0 spiro atoms. The summed E-state index contributed by atoms with van der Waals surface area (Å²) >= 11 is 6.18. The summed E-state index contributed by atoms with van der Waals surface area (Å²) in [6.07, 6.45) is 1.85. The highest BCUT2D eigenvalue weighted by Crippen LogP contribution is 2.40. The first-order valence-corrected chi connectivity index (χ1v) is 7.70. The van der Waals surface area contributed by atoms with Crippen LogP contribution in [0, 0.1) is 0 Å². The van der Waals surface area contributed by atoms with Gasteiger partial charge in [-0.15, -0.1) is 5.10 Å². The molecule has 7 nitrogen and oxygen atoms in total. The fraction of sp³-hybridized carbons (Fsp3) is 0.333. The fourth-order valence-corrected chi connectivity index (χ4v) is 2.43. The second-order valence-corrected chi connectivity index (χ2v) is 5.86. The van der Waals surface area contributed by atoms with Crippen LogP contribution in [0.1, 0.15) is 35.2 Å². The van der Waals surface area contributed by atoms with E-state index in [1.165, 1.54) is 4.68 Å². The van der Waals surface area contributed by atoms with Gasteiger partial charge >= 0.3 is 5.97 Å². The number of nitrogens with one attached hydrogen (secondary N) is 1. The molecule has 1 aromatic heterocycles. The number of aromatic nitrogens is 3. The first kappa shape index (κ1) is 16.4. The Morgan fingerprint density at radius 3 is 2.71 bits per heavy atom. The molecule has 1 heterocycles. The van der Waals surface area contributed by atoms with Gasteiger partial charge in [-0.05, 0) is 25.0 Å². The predicted octanol–water partition coefficient (Wildman–Crippen LogP) is 1.95. The number of carbonyl (C=O) groups excluding carboxylic acids is 1. The summed E-state index contributed by atoms with van der Waals surface area (Å²) in [4.78, 5) is 27.2. The molecule has 1 unspecified atom stereocenters. The number of amides is 1.